The normalized spacial score (nSPS) is 17.3. The van der Waals surface area contributed by atoms with Gasteiger partial charge in [0, 0.05) is 5.56 Å². The molecule has 6 nitrogen and oxygen atoms in total. The average molecular weight is 306 g/mol. The van der Waals surface area contributed by atoms with Gasteiger partial charge in [-0.3, -0.25) is 10.1 Å². The van der Waals surface area contributed by atoms with Gasteiger partial charge in [0.1, 0.15) is 11.9 Å². The van der Waals surface area contributed by atoms with Crippen molar-refractivity contribution in [3.63, 3.8) is 0 Å². The smallest absolute Gasteiger partial charge is 0.322 e. The number of hydrogen-bond acceptors (Lipinski definition) is 3. The number of amides is 3. The second kappa shape index (κ2) is 5.24. The van der Waals surface area contributed by atoms with E-state index in [9.17, 15) is 9.59 Å². The van der Waals surface area contributed by atoms with E-state index in [-0.39, 0.29) is 5.91 Å². The Balaban J connectivity index is 1.83. The van der Waals surface area contributed by atoms with Crippen molar-refractivity contribution in [3.8, 4) is 11.4 Å². The number of hydrogen-bond donors (Lipinski definition) is 2. The molecule has 4 rings (SSSR count). The van der Waals surface area contributed by atoms with Gasteiger partial charge in [0.05, 0.1) is 17.6 Å². The molecule has 0 aliphatic carbocycles. The summed E-state index contributed by atoms with van der Waals surface area (Å²) in [6.07, 6.45) is 0. The molecule has 1 aromatic heterocycles. The third-order valence-corrected chi connectivity index (χ3v) is 3.91. The van der Waals surface area contributed by atoms with Gasteiger partial charge in [-0.2, -0.15) is 0 Å². The Morgan fingerprint density at radius 2 is 1.74 bits per heavy atom. The lowest BCUT2D eigenvalue weighted by Crippen LogP contribution is -2.33. The van der Waals surface area contributed by atoms with Gasteiger partial charge in [0.25, 0.3) is 5.91 Å². The molecule has 23 heavy (non-hydrogen) atoms. The van der Waals surface area contributed by atoms with Crippen LogP contribution in [-0.4, -0.2) is 27.5 Å². The highest BCUT2D eigenvalue weighted by Crippen LogP contribution is 2.25. The fourth-order valence-electron chi connectivity index (χ4n) is 2.84. The molecule has 3 amide bonds. The van der Waals surface area contributed by atoms with Crippen molar-refractivity contribution >= 4 is 23.0 Å². The third-order valence-electron chi connectivity index (χ3n) is 3.91. The second-order valence-electron chi connectivity index (χ2n) is 5.42. The molecule has 0 bridgehead atoms. The highest BCUT2D eigenvalue weighted by Gasteiger charge is 2.30. The Morgan fingerprint density at radius 1 is 1.00 bits per heavy atom. The Labute approximate surface area is 132 Å². The van der Waals surface area contributed by atoms with Crippen LogP contribution in [0.4, 0.5) is 4.79 Å². The van der Waals surface area contributed by atoms with Crippen LogP contribution in [0.3, 0.4) is 0 Å². The SMILES string of the molecule is O=C1NC(=O)C(Cn2c(-c3ccccc3)nc3ccccc32)N1. The Morgan fingerprint density at radius 3 is 2.48 bits per heavy atom. The van der Waals surface area contributed by atoms with Crippen LogP contribution >= 0.6 is 0 Å². The molecule has 0 saturated carbocycles. The lowest BCUT2D eigenvalue weighted by Gasteiger charge is -2.13. The lowest BCUT2D eigenvalue weighted by atomic mass is 10.2. The van der Waals surface area contributed by atoms with Crippen molar-refractivity contribution in [2.75, 3.05) is 0 Å². The first-order chi connectivity index (χ1) is 11.2. The maximum Gasteiger partial charge on any atom is 0.322 e. The summed E-state index contributed by atoms with van der Waals surface area (Å²) in [5, 5.41) is 4.90. The summed E-state index contributed by atoms with van der Waals surface area (Å²) in [5.74, 6) is 0.465. The minimum absolute atomic E-state index is 0.313. The molecule has 1 saturated heterocycles. The molecule has 1 aliphatic heterocycles. The van der Waals surface area contributed by atoms with E-state index >= 15 is 0 Å². The number of carbonyl (C=O) groups excluding carboxylic acids is 2. The van der Waals surface area contributed by atoms with Crippen molar-refractivity contribution in [2.45, 2.75) is 12.6 Å². The zero-order chi connectivity index (χ0) is 15.8. The van der Waals surface area contributed by atoms with Crippen LogP contribution in [0.15, 0.2) is 54.6 Å². The van der Waals surface area contributed by atoms with Crippen LogP contribution in [0.2, 0.25) is 0 Å². The van der Waals surface area contributed by atoms with E-state index in [1.54, 1.807) is 0 Å². The van der Waals surface area contributed by atoms with Crippen molar-refractivity contribution in [3.05, 3.63) is 54.6 Å². The molecular weight excluding hydrogens is 292 g/mol. The Bertz CT molecular complexity index is 901. The van der Waals surface area contributed by atoms with E-state index in [0.717, 1.165) is 22.4 Å². The number of fused-ring (bicyclic) bond motifs is 1. The highest BCUT2D eigenvalue weighted by atomic mass is 16.2. The van der Waals surface area contributed by atoms with Crippen LogP contribution in [0.1, 0.15) is 0 Å². The number of aromatic nitrogens is 2. The van der Waals surface area contributed by atoms with Gasteiger partial charge in [-0.25, -0.2) is 9.78 Å². The number of para-hydroxylation sites is 2. The summed E-state index contributed by atoms with van der Waals surface area (Å²) in [7, 11) is 0. The topological polar surface area (TPSA) is 76.0 Å². The third kappa shape index (κ3) is 2.34. The molecule has 1 atom stereocenters. The molecule has 2 aromatic carbocycles. The molecule has 3 aromatic rings. The molecule has 1 fully saturated rings. The van der Waals surface area contributed by atoms with Gasteiger partial charge in [-0.1, -0.05) is 42.5 Å². The van der Waals surface area contributed by atoms with Gasteiger partial charge < -0.3 is 9.88 Å². The van der Waals surface area contributed by atoms with E-state index in [2.05, 4.69) is 15.6 Å². The maximum atomic E-state index is 11.9. The standard InChI is InChI=1S/C17H14N4O2/c22-16-13(19-17(23)20-16)10-21-14-9-5-4-8-12(14)18-15(21)11-6-2-1-3-7-11/h1-9,13H,10H2,(H2,19,20,22,23). The number of benzene rings is 2. The van der Waals surface area contributed by atoms with Crippen LogP contribution in [0.25, 0.3) is 22.4 Å². The molecule has 1 unspecified atom stereocenters. The number of rotatable bonds is 3. The maximum absolute atomic E-state index is 11.9. The average Bonchev–Trinajstić information content (AvgIpc) is 3.09. The summed E-state index contributed by atoms with van der Waals surface area (Å²) in [5.41, 5.74) is 2.75. The Kier molecular flexibility index (Phi) is 3.08. The number of imidazole rings is 1. The zero-order valence-electron chi connectivity index (χ0n) is 12.2. The largest absolute Gasteiger partial charge is 0.324 e. The first-order valence-electron chi connectivity index (χ1n) is 7.34. The quantitative estimate of drug-likeness (QED) is 0.726. The van der Waals surface area contributed by atoms with E-state index in [1.807, 2.05) is 59.2 Å². The van der Waals surface area contributed by atoms with Crippen LogP contribution in [0, 0.1) is 0 Å². The van der Waals surface area contributed by atoms with Crippen molar-refractivity contribution in [2.24, 2.45) is 0 Å². The molecule has 1 aliphatic rings. The molecule has 0 spiro atoms. The number of carbonyl (C=O) groups is 2. The van der Waals surface area contributed by atoms with E-state index in [1.165, 1.54) is 0 Å². The zero-order valence-corrected chi connectivity index (χ0v) is 12.2. The van der Waals surface area contributed by atoms with E-state index < -0.39 is 12.1 Å². The predicted octanol–water partition coefficient (Wildman–Crippen LogP) is 1.91. The number of nitrogens with one attached hydrogen (secondary N) is 2. The Hall–Kier alpha value is -3.15. The minimum atomic E-state index is -0.595. The summed E-state index contributed by atoms with van der Waals surface area (Å²) in [6.45, 7) is 0.336. The van der Waals surface area contributed by atoms with E-state index in [4.69, 9.17) is 0 Å². The molecular formula is C17H14N4O2. The van der Waals surface area contributed by atoms with Crippen LogP contribution in [-0.2, 0) is 11.3 Å². The number of nitrogens with zero attached hydrogens (tertiary/aromatic N) is 2. The molecule has 0 radical (unpaired) electrons. The molecule has 2 heterocycles. The van der Waals surface area contributed by atoms with Gasteiger partial charge >= 0.3 is 6.03 Å². The van der Waals surface area contributed by atoms with Crippen molar-refractivity contribution in [1.29, 1.82) is 0 Å². The van der Waals surface area contributed by atoms with Gasteiger partial charge in [0.15, 0.2) is 0 Å². The molecule has 6 heteroatoms. The van der Waals surface area contributed by atoms with Gasteiger partial charge in [-0.15, -0.1) is 0 Å². The first kappa shape index (κ1) is 13.5. The van der Waals surface area contributed by atoms with Crippen LogP contribution in [0.5, 0.6) is 0 Å². The summed E-state index contributed by atoms with van der Waals surface area (Å²) in [4.78, 5) is 27.9. The monoisotopic (exact) mass is 306 g/mol. The predicted molar refractivity (Wildman–Crippen MR) is 85.6 cm³/mol. The number of imide groups is 1. The van der Waals surface area contributed by atoms with E-state index in [0.29, 0.717) is 6.54 Å². The summed E-state index contributed by atoms with van der Waals surface area (Å²) < 4.78 is 1.97. The van der Waals surface area contributed by atoms with Crippen molar-refractivity contribution in [1.82, 2.24) is 20.2 Å². The van der Waals surface area contributed by atoms with Gasteiger partial charge in [0.2, 0.25) is 0 Å². The minimum Gasteiger partial charge on any atom is -0.324 e. The summed E-state index contributed by atoms with van der Waals surface area (Å²) in [6, 6.07) is 16.5. The first-order valence-corrected chi connectivity index (χ1v) is 7.34. The van der Waals surface area contributed by atoms with Gasteiger partial charge in [-0.05, 0) is 12.1 Å². The molecule has 2 N–H and O–H groups in total. The summed E-state index contributed by atoms with van der Waals surface area (Å²) >= 11 is 0. The molecule has 114 valence electrons. The highest BCUT2D eigenvalue weighted by molar-refractivity contribution is 6.04. The van der Waals surface area contributed by atoms with Crippen molar-refractivity contribution < 1.29 is 9.59 Å². The number of urea groups is 1. The van der Waals surface area contributed by atoms with Crippen LogP contribution < -0.4 is 10.6 Å². The second-order valence-corrected chi connectivity index (χ2v) is 5.42. The lowest BCUT2D eigenvalue weighted by molar-refractivity contribution is -0.120. The fourth-order valence-corrected chi connectivity index (χ4v) is 2.84. The fraction of sp³-hybridized carbons (Fsp3) is 0.118.